The minimum absolute atomic E-state index is 0.320. The summed E-state index contributed by atoms with van der Waals surface area (Å²) in [5.74, 6) is 0. The van der Waals surface area contributed by atoms with Crippen LogP contribution in [-0.4, -0.2) is 23.0 Å². The van der Waals surface area contributed by atoms with E-state index in [4.69, 9.17) is 4.74 Å². The summed E-state index contributed by atoms with van der Waals surface area (Å²) in [4.78, 5) is 18.8. The lowest BCUT2D eigenvalue weighted by atomic mass is 10.2. The maximum Gasteiger partial charge on any atom is 0.293 e. The van der Waals surface area contributed by atoms with E-state index in [2.05, 4.69) is 15.3 Å². The molecule has 2 aromatic heterocycles. The monoisotopic (exact) mass is 271 g/mol. The van der Waals surface area contributed by atoms with Gasteiger partial charge in [-0.2, -0.15) is 0 Å². The largest absolute Gasteiger partial charge is 0.467 e. The summed E-state index contributed by atoms with van der Waals surface area (Å²) in [6.45, 7) is 4.70. The topological polar surface area (TPSA) is 64.1 Å². The van der Waals surface area contributed by atoms with Crippen molar-refractivity contribution in [3.8, 4) is 0 Å². The highest BCUT2D eigenvalue weighted by atomic mass is 16.5. The van der Waals surface area contributed by atoms with Crippen LogP contribution < -0.4 is 5.32 Å². The number of hydrogen-bond donors (Lipinski definition) is 1. The fourth-order valence-electron chi connectivity index (χ4n) is 1.90. The average molecular weight is 271 g/mol. The van der Waals surface area contributed by atoms with Crippen molar-refractivity contribution in [2.24, 2.45) is 0 Å². The minimum atomic E-state index is 0.320. The molecule has 2 aromatic rings. The SMILES string of the molecule is Cc1cncc(Nc2ccc(C)nc2CCOC=O)c1. The van der Waals surface area contributed by atoms with Gasteiger partial charge in [0.15, 0.2) is 0 Å². The standard InChI is InChI=1S/C15H17N3O2/c1-11-7-13(9-16-8-11)18-14-4-3-12(2)17-15(14)5-6-20-10-19/h3-4,7-10,18H,5-6H2,1-2H3. The number of rotatable bonds is 6. The molecule has 2 heterocycles. The predicted molar refractivity (Wildman–Crippen MR) is 77.0 cm³/mol. The van der Waals surface area contributed by atoms with Gasteiger partial charge in [0.25, 0.3) is 6.47 Å². The number of ether oxygens (including phenoxy) is 1. The van der Waals surface area contributed by atoms with Gasteiger partial charge < -0.3 is 10.1 Å². The molecular weight excluding hydrogens is 254 g/mol. The van der Waals surface area contributed by atoms with E-state index >= 15 is 0 Å². The zero-order chi connectivity index (χ0) is 14.4. The van der Waals surface area contributed by atoms with Crippen molar-refractivity contribution in [2.45, 2.75) is 20.3 Å². The molecule has 0 aliphatic heterocycles. The molecule has 5 nitrogen and oxygen atoms in total. The lowest BCUT2D eigenvalue weighted by Crippen LogP contribution is -2.05. The second-order valence-corrected chi connectivity index (χ2v) is 4.54. The summed E-state index contributed by atoms with van der Waals surface area (Å²) >= 11 is 0. The molecule has 0 aromatic carbocycles. The summed E-state index contributed by atoms with van der Waals surface area (Å²) in [7, 11) is 0. The molecule has 104 valence electrons. The van der Waals surface area contributed by atoms with Gasteiger partial charge in [0.1, 0.15) is 0 Å². The van der Waals surface area contributed by atoms with E-state index in [1.165, 1.54) is 0 Å². The second kappa shape index (κ2) is 6.65. The first-order valence-corrected chi connectivity index (χ1v) is 6.39. The summed E-state index contributed by atoms with van der Waals surface area (Å²) in [5.41, 5.74) is 4.69. The molecule has 2 rings (SSSR count). The Kier molecular flexibility index (Phi) is 4.65. The molecule has 0 aliphatic carbocycles. The Morgan fingerprint density at radius 1 is 1.30 bits per heavy atom. The number of nitrogens with zero attached hydrogens (tertiary/aromatic N) is 2. The molecule has 1 N–H and O–H groups in total. The predicted octanol–water partition coefficient (Wildman–Crippen LogP) is 2.55. The quantitative estimate of drug-likeness (QED) is 0.646. The number of carbonyl (C=O) groups is 1. The second-order valence-electron chi connectivity index (χ2n) is 4.54. The van der Waals surface area contributed by atoms with Crippen molar-refractivity contribution < 1.29 is 9.53 Å². The molecule has 0 aliphatic rings. The molecule has 0 amide bonds. The van der Waals surface area contributed by atoms with Crippen LogP contribution in [0.3, 0.4) is 0 Å². The van der Waals surface area contributed by atoms with Gasteiger partial charge in [0.2, 0.25) is 0 Å². The molecule has 0 atom stereocenters. The van der Waals surface area contributed by atoms with E-state index in [9.17, 15) is 4.79 Å². The Bertz CT molecular complexity index is 599. The van der Waals surface area contributed by atoms with Crippen LogP contribution in [-0.2, 0) is 16.0 Å². The van der Waals surface area contributed by atoms with E-state index in [0.717, 1.165) is 28.3 Å². The first-order valence-electron chi connectivity index (χ1n) is 6.39. The van der Waals surface area contributed by atoms with Crippen molar-refractivity contribution in [3.05, 3.63) is 47.5 Å². The third kappa shape index (κ3) is 3.78. The first-order chi connectivity index (χ1) is 9.69. The smallest absolute Gasteiger partial charge is 0.293 e. The Morgan fingerprint density at radius 3 is 2.90 bits per heavy atom. The van der Waals surface area contributed by atoms with Gasteiger partial charge in [0, 0.05) is 18.3 Å². The van der Waals surface area contributed by atoms with Gasteiger partial charge in [-0.1, -0.05) is 0 Å². The van der Waals surface area contributed by atoms with Crippen molar-refractivity contribution in [1.82, 2.24) is 9.97 Å². The number of anilines is 2. The highest BCUT2D eigenvalue weighted by molar-refractivity contribution is 5.61. The lowest BCUT2D eigenvalue weighted by molar-refractivity contribution is -0.128. The number of pyridine rings is 2. The minimum Gasteiger partial charge on any atom is -0.467 e. The summed E-state index contributed by atoms with van der Waals surface area (Å²) in [6.07, 6.45) is 4.14. The number of carbonyl (C=O) groups excluding carboxylic acids is 1. The summed E-state index contributed by atoms with van der Waals surface area (Å²) in [5, 5.41) is 3.30. The van der Waals surface area contributed by atoms with Gasteiger partial charge in [-0.3, -0.25) is 14.8 Å². The van der Waals surface area contributed by atoms with Crippen LogP contribution in [0.1, 0.15) is 17.0 Å². The number of nitrogens with one attached hydrogen (secondary N) is 1. The summed E-state index contributed by atoms with van der Waals surface area (Å²) in [6, 6.07) is 5.93. The van der Waals surface area contributed by atoms with Gasteiger partial charge in [0.05, 0.1) is 29.9 Å². The molecule has 20 heavy (non-hydrogen) atoms. The Morgan fingerprint density at radius 2 is 2.15 bits per heavy atom. The lowest BCUT2D eigenvalue weighted by Gasteiger charge is -2.12. The van der Waals surface area contributed by atoms with Crippen LogP contribution in [0.4, 0.5) is 11.4 Å². The van der Waals surface area contributed by atoms with Crippen molar-refractivity contribution >= 4 is 17.8 Å². The van der Waals surface area contributed by atoms with Gasteiger partial charge in [-0.05, 0) is 37.6 Å². The molecule has 0 fully saturated rings. The molecule has 0 unspecified atom stereocenters. The normalized spacial score (nSPS) is 10.1. The van der Waals surface area contributed by atoms with Gasteiger partial charge in [-0.15, -0.1) is 0 Å². The van der Waals surface area contributed by atoms with E-state index in [-0.39, 0.29) is 0 Å². The third-order valence-electron chi connectivity index (χ3n) is 2.79. The van der Waals surface area contributed by atoms with Crippen LogP contribution in [0.2, 0.25) is 0 Å². The molecule has 0 saturated heterocycles. The number of hydrogen-bond acceptors (Lipinski definition) is 5. The van der Waals surface area contributed by atoms with Gasteiger partial charge >= 0.3 is 0 Å². The number of aromatic nitrogens is 2. The van der Waals surface area contributed by atoms with Gasteiger partial charge in [-0.25, -0.2) is 0 Å². The van der Waals surface area contributed by atoms with Crippen LogP contribution in [0.25, 0.3) is 0 Å². The fraction of sp³-hybridized carbons (Fsp3) is 0.267. The molecular formula is C15H17N3O2. The van der Waals surface area contributed by atoms with E-state index in [0.29, 0.717) is 19.5 Å². The third-order valence-corrected chi connectivity index (χ3v) is 2.79. The zero-order valence-electron chi connectivity index (χ0n) is 11.6. The van der Waals surface area contributed by atoms with Crippen LogP contribution in [0.5, 0.6) is 0 Å². The molecule has 0 spiro atoms. The summed E-state index contributed by atoms with van der Waals surface area (Å²) < 4.78 is 4.74. The van der Waals surface area contributed by atoms with Crippen LogP contribution >= 0.6 is 0 Å². The van der Waals surface area contributed by atoms with Crippen LogP contribution in [0.15, 0.2) is 30.6 Å². The highest BCUT2D eigenvalue weighted by Gasteiger charge is 2.06. The highest BCUT2D eigenvalue weighted by Crippen LogP contribution is 2.20. The van der Waals surface area contributed by atoms with E-state index < -0.39 is 0 Å². The average Bonchev–Trinajstić information content (AvgIpc) is 2.42. The molecule has 0 radical (unpaired) electrons. The zero-order valence-corrected chi connectivity index (χ0v) is 11.6. The van der Waals surface area contributed by atoms with Crippen molar-refractivity contribution in [3.63, 3.8) is 0 Å². The van der Waals surface area contributed by atoms with E-state index in [1.807, 2.05) is 32.0 Å². The van der Waals surface area contributed by atoms with E-state index in [1.54, 1.807) is 12.4 Å². The fourth-order valence-corrected chi connectivity index (χ4v) is 1.90. The molecule has 5 heteroatoms. The maximum atomic E-state index is 10.2. The molecule has 0 bridgehead atoms. The van der Waals surface area contributed by atoms with Crippen molar-refractivity contribution in [2.75, 3.05) is 11.9 Å². The Hall–Kier alpha value is -2.43. The van der Waals surface area contributed by atoms with Crippen molar-refractivity contribution in [1.29, 1.82) is 0 Å². The first kappa shape index (κ1) is 14.0. The van der Waals surface area contributed by atoms with Crippen LogP contribution in [0, 0.1) is 13.8 Å². The number of aryl methyl sites for hydroxylation is 2. The Labute approximate surface area is 118 Å². The maximum absolute atomic E-state index is 10.2. The Balaban J connectivity index is 2.19. The molecule has 0 saturated carbocycles.